The van der Waals surface area contributed by atoms with Crippen LogP contribution in [-0.2, 0) is 0 Å². The van der Waals surface area contributed by atoms with Gasteiger partial charge < -0.3 is 10.2 Å². The molecule has 0 spiro atoms. The second-order valence-electron chi connectivity index (χ2n) is 4.09. The van der Waals surface area contributed by atoms with Crippen molar-refractivity contribution in [3.8, 4) is 0 Å². The minimum atomic E-state index is 0.142. The van der Waals surface area contributed by atoms with Crippen LogP contribution in [0.25, 0.3) is 0 Å². The van der Waals surface area contributed by atoms with Crippen LogP contribution in [0.1, 0.15) is 32.6 Å². The van der Waals surface area contributed by atoms with E-state index >= 15 is 0 Å². The maximum absolute atomic E-state index is 11.4. The van der Waals surface area contributed by atoms with Gasteiger partial charge in [0.1, 0.15) is 0 Å². The van der Waals surface area contributed by atoms with E-state index in [1.165, 1.54) is 19.3 Å². The van der Waals surface area contributed by atoms with Crippen LogP contribution >= 0.6 is 0 Å². The van der Waals surface area contributed by atoms with Gasteiger partial charge in [0.15, 0.2) is 0 Å². The zero-order valence-electron chi connectivity index (χ0n) is 7.60. The Morgan fingerprint density at radius 2 is 2.17 bits per heavy atom. The lowest BCUT2D eigenvalue weighted by molar-refractivity contribution is 0.0527. The minimum absolute atomic E-state index is 0.142. The van der Waals surface area contributed by atoms with E-state index in [1.54, 1.807) is 0 Å². The van der Waals surface area contributed by atoms with Gasteiger partial charge in [-0.2, -0.15) is 0 Å². The van der Waals surface area contributed by atoms with Crippen LogP contribution in [0.2, 0.25) is 0 Å². The van der Waals surface area contributed by atoms with Crippen LogP contribution in [0.15, 0.2) is 0 Å². The number of hydrogen-bond acceptors (Lipinski definition) is 1. The molecule has 1 heterocycles. The summed E-state index contributed by atoms with van der Waals surface area (Å²) < 4.78 is 0. The van der Waals surface area contributed by atoms with Crippen molar-refractivity contribution < 1.29 is 4.79 Å². The summed E-state index contributed by atoms with van der Waals surface area (Å²) >= 11 is 0. The highest BCUT2D eigenvalue weighted by Gasteiger charge is 2.41. The zero-order valence-corrected chi connectivity index (χ0v) is 7.60. The van der Waals surface area contributed by atoms with E-state index in [2.05, 4.69) is 12.2 Å². The lowest BCUT2D eigenvalue weighted by atomic mass is 9.77. The molecule has 1 saturated carbocycles. The lowest BCUT2D eigenvalue weighted by Gasteiger charge is -2.49. The van der Waals surface area contributed by atoms with Gasteiger partial charge in [-0.15, -0.1) is 0 Å². The Hall–Kier alpha value is -0.730. The van der Waals surface area contributed by atoms with E-state index in [-0.39, 0.29) is 11.6 Å². The first kappa shape index (κ1) is 7.90. The maximum atomic E-state index is 11.4. The third kappa shape index (κ3) is 1.08. The fraction of sp³-hybridized carbons (Fsp3) is 0.889. The molecule has 68 valence electrons. The maximum Gasteiger partial charge on any atom is 0.317 e. The quantitative estimate of drug-likeness (QED) is 0.629. The van der Waals surface area contributed by atoms with Crippen LogP contribution in [-0.4, -0.2) is 29.6 Å². The molecule has 2 fully saturated rings. The third-order valence-electron chi connectivity index (χ3n) is 3.16. The number of rotatable bonds is 1. The Balaban J connectivity index is 2.05. The predicted molar refractivity (Wildman–Crippen MR) is 47.0 cm³/mol. The molecule has 12 heavy (non-hydrogen) atoms. The molecule has 2 amide bonds. The number of urea groups is 1. The average Bonchev–Trinajstić information content (AvgIpc) is 2.01. The Labute approximate surface area is 73.1 Å². The molecular weight excluding hydrogens is 152 g/mol. The molecule has 0 bridgehead atoms. The Morgan fingerprint density at radius 3 is 2.67 bits per heavy atom. The number of hydrogen-bond donors (Lipinski definition) is 1. The summed E-state index contributed by atoms with van der Waals surface area (Å²) in [4.78, 5) is 13.5. The van der Waals surface area contributed by atoms with Crippen molar-refractivity contribution in [3.05, 3.63) is 0 Å². The van der Waals surface area contributed by atoms with Crippen molar-refractivity contribution in [2.24, 2.45) is 0 Å². The van der Waals surface area contributed by atoms with Gasteiger partial charge in [-0.05, 0) is 32.6 Å². The standard InChI is InChI=1S/C9H16N2O/c1-9(4-2-5-9)11-7-3-6-10-8(11)12/h2-7H2,1H3,(H,10,12). The molecule has 3 heteroatoms. The number of nitrogens with zero attached hydrogens (tertiary/aromatic N) is 1. The molecule has 1 aliphatic heterocycles. The largest absolute Gasteiger partial charge is 0.338 e. The molecule has 0 unspecified atom stereocenters. The second-order valence-corrected chi connectivity index (χ2v) is 4.09. The average molecular weight is 168 g/mol. The lowest BCUT2D eigenvalue weighted by Crippen LogP contribution is -2.60. The smallest absolute Gasteiger partial charge is 0.317 e. The van der Waals surface area contributed by atoms with Gasteiger partial charge in [0.25, 0.3) is 0 Å². The van der Waals surface area contributed by atoms with Gasteiger partial charge in [-0.1, -0.05) is 0 Å². The van der Waals surface area contributed by atoms with Gasteiger partial charge in [0.05, 0.1) is 0 Å². The normalized spacial score (nSPS) is 27.8. The number of carbonyl (C=O) groups is 1. The summed E-state index contributed by atoms with van der Waals surface area (Å²) in [5, 5.41) is 2.89. The highest BCUT2D eigenvalue weighted by Crippen LogP contribution is 2.37. The first-order chi connectivity index (χ1) is 5.72. The zero-order chi connectivity index (χ0) is 8.60. The van der Waals surface area contributed by atoms with Crippen LogP contribution in [0, 0.1) is 0 Å². The monoisotopic (exact) mass is 168 g/mol. The second kappa shape index (κ2) is 2.64. The summed E-state index contributed by atoms with van der Waals surface area (Å²) in [5.74, 6) is 0. The van der Waals surface area contributed by atoms with Crippen molar-refractivity contribution >= 4 is 6.03 Å². The first-order valence-corrected chi connectivity index (χ1v) is 4.78. The van der Waals surface area contributed by atoms with E-state index in [0.29, 0.717) is 0 Å². The van der Waals surface area contributed by atoms with Gasteiger partial charge >= 0.3 is 6.03 Å². The summed E-state index contributed by atoms with van der Waals surface area (Å²) in [6, 6.07) is 0.142. The summed E-state index contributed by atoms with van der Waals surface area (Å²) in [7, 11) is 0. The Morgan fingerprint density at radius 1 is 1.42 bits per heavy atom. The van der Waals surface area contributed by atoms with Crippen LogP contribution in [0.3, 0.4) is 0 Å². The van der Waals surface area contributed by atoms with Crippen LogP contribution in [0.4, 0.5) is 4.79 Å². The fourth-order valence-corrected chi connectivity index (χ4v) is 2.10. The summed E-state index contributed by atoms with van der Waals surface area (Å²) in [6.45, 7) is 4.00. The highest BCUT2D eigenvalue weighted by molar-refractivity contribution is 5.75. The molecule has 0 atom stereocenters. The molecule has 2 aliphatic rings. The van der Waals surface area contributed by atoms with E-state index in [9.17, 15) is 4.79 Å². The fourth-order valence-electron chi connectivity index (χ4n) is 2.10. The molecule has 0 aromatic rings. The third-order valence-corrected chi connectivity index (χ3v) is 3.16. The van der Waals surface area contributed by atoms with E-state index in [0.717, 1.165) is 19.5 Å². The van der Waals surface area contributed by atoms with Gasteiger partial charge in [-0.3, -0.25) is 0 Å². The van der Waals surface area contributed by atoms with E-state index in [1.807, 2.05) is 4.90 Å². The number of nitrogens with one attached hydrogen (secondary N) is 1. The topological polar surface area (TPSA) is 32.3 Å². The molecule has 3 nitrogen and oxygen atoms in total. The molecule has 1 aliphatic carbocycles. The van der Waals surface area contributed by atoms with Gasteiger partial charge in [0, 0.05) is 18.6 Å². The summed E-state index contributed by atoms with van der Waals surface area (Å²) in [5.41, 5.74) is 0.185. The summed E-state index contributed by atoms with van der Waals surface area (Å²) in [6.07, 6.45) is 4.74. The molecular formula is C9H16N2O. The Kier molecular flexibility index (Phi) is 1.74. The molecule has 0 radical (unpaired) electrons. The van der Waals surface area contributed by atoms with Crippen LogP contribution in [0.5, 0.6) is 0 Å². The molecule has 2 rings (SSSR count). The van der Waals surface area contributed by atoms with Crippen molar-refractivity contribution in [3.63, 3.8) is 0 Å². The number of carbonyl (C=O) groups excluding carboxylic acids is 1. The Bertz CT molecular complexity index is 199. The van der Waals surface area contributed by atoms with Crippen molar-refractivity contribution in [1.29, 1.82) is 0 Å². The molecule has 0 aromatic carbocycles. The van der Waals surface area contributed by atoms with Gasteiger partial charge in [0.2, 0.25) is 0 Å². The van der Waals surface area contributed by atoms with Crippen molar-refractivity contribution in [2.75, 3.05) is 13.1 Å². The van der Waals surface area contributed by atoms with Crippen molar-refractivity contribution in [2.45, 2.75) is 38.1 Å². The molecule has 1 N–H and O–H groups in total. The van der Waals surface area contributed by atoms with E-state index < -0.39 is 0 Å². The highest BCUT2D eigenvalue weighted by atomic mass is 16.2. The van der Waals surface area contributed by atoms with Gasteiger partial charge in [-0.25, -0.2) is 4.79 Å². The van der Waals surface area contributed by atoms with Crippen LogP contribution < -0.4 is 5.32 Å². The van der Waals surface area contributed by atoms with E-state index in [4.69, 9.17) is 0 Å². The molecule has 0 aromatic heterocycles. The number of amides is 2. The van der Waals surface area contributed by atoms with Crippen molar-refractivity contribution in [1.82, 2.24) is 10.2 Å². The molecule has 1 saturated heterocycles. The predicted octanol–water partition coefficient (Wildman–Crippen LogP) is 1.34. The SMILES string of the molecule is CC1(N2CCCNC2=O)CCC1. The first-order valence-electron chi connectivity index (χ1n) is 4.78. The minimum Gasteiger partial charge on any atom is -0.338 e.